The summed E-state index contributed by atoms with van der Waals surface area (Å²) in [6.07, 6.45) is 0.227. The van der Waals surface area contributed by atoms with Crippen molar-refractivity contribution in [1.82, 2.24) is 20.5 Å². The van der Waals surface area contributed by atoms with E-state index < -0.39 is 18.0 Å². The molecule has 9 nitrogen and oxygen atoms in total. The number of nitrogens with one attached hydrogen (secondary N) is 2. The molecule has 0 fully saturated rings. The van der Waals surface area contributed by atoms with E-state index in [0.29, 0.717) is 10.1 Å². The Morgan fingerprint density at radius 3 is 2.68 bits per heavy atom. The first-order valence-electron chi connectivity index (χ1n) is 7.22. The van der Waals surface area contributed by atoms with Crippen molar-refractivity contribution < 1.29 is 9.59 Å². The van der Waals surface area contributed by atoms with Crippen LogP contribution in [0.15, 0.2) is 41.1 Å². The van der Waals surface area contributed by atoms with Gasteiger partial charge in [-0.05, 0) is 5.56 Å². The summed E-state index contributed by atoms with van der Waals surface area (Å²) in [5.74, 6) is -0.440. The van der Waals surface area contributed by atoms with Gasteiger partial charge in [0.25, 0.3) is 0 Å². The second kappa shape index (κ2) is 9.64. The lowest BCUT2D eigenvalue weighted by Gasteiger charge is -2.20. The molecule has 0 aliphatic carbocycles. The third kappa shape index (κ3) is 5.76. The maximum atomic E-state index is 12.5. The minimum atomic E-state index is -0.932. The van der Waals surface area contributed by atoms with Gasteiger partial charge in [-0.15, -0.1) is 26.7 Å². The SMILES string of the molecule is O=NN(CCCl)C(=O)N[C@@H](Cc1ccccc1)C(=O)Nc1nncs1. The lowest BCUT2D eigenvalue weighted by atomic mass is 10.1. The van der Waals surface area contributed by atoms with Gasteiger partial charge in [-0.3, -0.25) is 10.1 Å². The smallest absolute Gasteiger partial charge is 0.324 e. The van der Waals surface area contributed by atoms with Gasteiger partial charge in [-0.1, -0.05) is 41.7 Å². The van der Waals surface area contributed by atoms with Gasteiger partial charge in [0.1, 0.15) is 11.6 Å². The van der Waals surface area contributed by atoms with Gasteiger partial charge < -0.3 is 5.32 Å². The zero-order valence-corrected chi connectivity index (χ0v) is 14.5. The van der Waals surface area contributed by atoms with E-state index in [4.69, 9.17) is 11.6 Å². The molecule has 11 heteroatoms. The van der Waals surface area contributed by atoms with E-state index >= 15 is 0 Å². The molecule has 0 saturated heterocycles. The average Bonchev–Trinajstić information content (AvgIpc) is 3.12. The number of aromatic nitrogens is 2. The zero-order valence-electron chi connectivity index (χ0n) is 13.0. The van der Waals surface area contributed by atoms with Crippen molar-refractivity contribution in [1.29, 1.82) is 0 Å². The van der Waals surface area contributed by atoms with E-state index in [2.05, 4.69) is 26.1 Å². The summed E-state index contributed by atoms with van der Waals surface area (Å²) < 4.78 is 0. The summed E-state index contributed by atoms with van der Waals surface area (Å²) >= 11 is 6.68. The molecule has 25 heavy (non-hydrogen) atoms. The van der Waals surface area contributed by atoms with Crippen LogP contribution in [0.3, 0.4) is 0 Å². The van der Waals surface area contributed by atoms with Crippen LogP contribution in [0.2, 0.25) is 0 Å². The Hall–Kier alpha value is -2.59. The largest absolute Gasteiger partial charge is 0.341 e. The van der Waals surface area contributed by atoms with Crippen LogP contribution in [0, 0.1) is 4.91 Å². The van der Waals surface area contributed by atoms with Gasteiger partial charge in [0, 0.05) is 12.3 Å². The molecule has 1 atom stereocenters. The van der Waals surface area contributed by atoms with Gasteiger partial charge in [-0.2, -0.15) is 5.01 Å². The molecule has 0 unspecified atom stereocenters. The van der Waals surface area contributed by atoms with E-state index in [-0.39, 0.29) is 18.8 Å². The maximum Gasteiger partial charge on any atom is 0.341 e. The highest BCUT2D eigenvalue weighted by molar-refractivity contribution is 7.13. The number of rotatable bonds is 8. The average molecular weight is 383 g/mol. The molecule has 0 aliphatic heterocycles. The van der Waals surface area contributed by atoms with Crippen LogP contribution in [0.25, 0.3) is 0 Å². The summed E-state index contributed by atoms with van der Waals surface area (Å²) in [5, 5.41) is 16.0. The van der Waals surface area contributed by atoms with Crippen molar-refractivity contribution in [2.45, 2.75) is 12.5 Å². The number of alkyl halides is 1. The Bertz CT molecular complexity index is 700. The number of hydrogen-bond donors (Lipinski definition) is 2. The molecule has 0 bridgehead atoms. The van der Waals surface area contributed by atoms with E-state index in [1.807, 2.05) is 30.3 Å². The van der Waals surface area contributed by atoms with Crippen LogP contribution in [-0.2, 0) is 11.2 Å². The minimum Gasteiger partial charge on any atom is -0.324 e. The Labute approximate surface area is 152 Å². The van der Waals surface area contributed by atoms with E-state index in [0.717, 1.165) is 16.9 Å². The molecule has 132 valence electrons. The van der Waals surface area contributed by atoms with Crippen LogP contribution in [0.5, 0.6) is 0 Å². The molecule has 0 aliphatic rings. The highest BCUT2D eigenvalue weighted by Crippen LogP contribution is 2.11. The summed E-state index contributed by atoms with van der Waals surface area (Å²) in [5.41, 5.74) is 2.31. The van der Waals surface area contributed by atoms with Gasteiger partial charge in [0.15, 0.2) is 0 Å². The van der Waals surface area contributed by atoms with E-state index in [9.17, 15) is 14.5 Å². The van der Waals surface area contributed by atoms with Crippen molar-refractivity contribution in [3.63, 3.8) is 0 Å². The molecule has 2 aromatic rings. The molecule has 3 amide bonds. The molecule has 0 saturated carbocycles. The fraction of sp³-hybridized carbons (Fsp3) is 0.286. The number of hydrogen-bond acceptors (Lipinski definition) is 7. The quantitative estimate of drug-likeness (QED) is 0.411. The summed E-state index contributed by atoms with van der Waals surface area (Å²) in [4.78, 5) is 35.3. The Balaban J connectivity index is 2.11. The number of nitrogens with zero attached hydrogens (tertiary/aromatic N) is 4. The summed E-state index contributed by atoms with van der Waals surface area (Å²) in [6.45, 7) is -0.0625. The maximum absolute atomic E-state index is 12.5. The Morgan fingerprint density at radius 1 is 1.32 bits per heavy atom. The highest BCUT2D eigenvalue weighted by Gasteiger charge is 2.25. The van der Waals surface area contributed by atoms with E-state index in [1.54, 1.807) is 0 Å². The standard InChI is InChI=1S/C14H15ClN6O3S/c15-6-7-21(20-24)14(23)17-11(8-10-4-2-1-3-5-10)12(22)18-13-19-16-9-25-13/h1-5,9,11H,6-8H2,(H,17,23)(H,18,19,22)/t11-/m0/s1. The lowest BCUT2D eigenvalue weighted by Crippen LogP contribution is -2.49. The van der Waals surface area contributed by atoms with Crippen molar-refractivity contribution in [3.05, 3.63) is 46.3 Å². The first-order valence-corrected chi connectivity index (χ1v) is 8.63. The Morgan fingerprint density at radius 2 is 2.08 bits per heavy atom. The van der Waals surface area contributed by atoms with Gasteiger partial charge >= 0.3 is 6.03 Å². The van der Waals surface area contributed by atoms with Crippen molar-refractivity contribution in [2.24, 2.45) is 5.29 Å². The molecule has 1 aromatic heterocycles. The summed E-state index contributed by atoms with van der Waals surface area (Å²) in [6, 6.07) is 7.41. The molecule has 2 rings (SSSR count). The van der Waals surface area contributed by atoms with Crippen molar-refractivity contribution >= 4 is 40.0 Å². The van der Waals surface area contributed by atoms with Crippen LogP contribution >= 0.6 is 22.9 Å². The fourth-order valence-electron chi connectivity index (χ4n) is 1.96. The van der Waals surface area contributed by atoms with Crippen LogP contribution in [0.4, 0.5) is 9.93 Å². The van der Waals surface area contributed by atoms with Gasteiger partial charge in [-0.25, -0.2) is 4.79 Å². The second-order valence-corrected chi connectivity index (χ2v) is 6.03. The number of anilines is 1. The monoisotopic (exact) mass is 382 g/mol. The lowest BCUT2D eigenvalue weighted by molar-refractivity contribution is -0.118. The molecular formula is C14H15ClN6O3S. The molecule has 2 N–H and O–H groups in total. The van der Waals surface area contributed by atoms with Gasteiger partial charge in [0.2, 0.25) is 11.0 Å². The molecule has 1 aromatic carbocycles. The first-order chi connectivity index (χ1) is 12.1. The third-order valence-electron chi connectivity index (χ3n) is 3.12. The second-order valence-electron chi connectivity index (χ2n) is 4.82. The molecule has 0 spiro atoms. The highest BCUT2D eigenvalue weighted by atomic mass is 35.5. The summed E-state index contributed by atoms with van der Waals surface area (Å²) in [7, 11) is 0. The number of nitroso groups, excluding NO2 is 1. The zero-order chi connectivity index (χ0) is 18.1. The Kier molecular flexibility index (Phi) is 7.23. The number of urea groups is 1. The van der Waals surface area contributed by atoms with Crippen molar-refractivity contribution in [3.8, 4) is 0 Å². The molecular weight excluding hydrogens is 368 g/mol. The van der Waals surface area contributed by atoms with E-state index in [1.165, 1.54) is 5.51 Å². The predicted octanol–water partition coefficient (Wildman–Crippen LogP) is 2.02. The number of halogens is 1. The van der Waals surface area contributed by atoms with Crippen LogP contribution < -0.4 is 10.6 Å². The van der Waals surface area contributed by atoms with Crippen LogP contribution in [-0.4, -0.2) is 45.6 Å². The van der Waals surface area contributed by atoms with Gasteiger partial charge in [0.05, 0.1) is 11.8 Å². The molecule has 0 radical (unpaired) electrons. The normalized spacial score (nSPS) is 11.4. The molecule has 1 heterocycles. The predicted molar refractivity (Wildman–Crippen MR) is 94.2 cm³/mol. The number of carbonyl (C=O) groups is 2. The topological polar surface area (TPSA) is 117 Å². The first kappa shape index (κ1) is 18.7. The number of benzene rings is 1. The number of carbonyl (C=O) groups excluding carboxylic acids is 2. The minimum absolute atomic E-state index is 0.0412. The fourth-order valence-corrected chi connectivity index (χ4v) is 2.57. The third-order valence-corrected chi connectivity index (χ3v) is 3.89. The van der Waals surface area contributed by atoms with Crippen LogP contribution in [0.1, 0.15) is 5.56 Å². The van der Waals surface area contributed by atoms with Crippen molar-refractivity contribution in [2.75, 3.05) is 17.7 Å². The number of amides is 3.